The van der Waals surface area contributed by atoms with Crippen LogP contribution < -0.4 is 4.74 Å². The molecule has 0 saturated heterocycles. The van der Waals surface area contributed by atoms with E-state index in [0.717, 1.165) is 16.5 Å². The molecule has 0 spiro atoms. The highest BCUT2D eigenvalue weighted by Gasteiger charge is 2.11. The Morgan fingerprint density at radius 1 is 1.22 bits per heavy atom. The summed E-state index contributed by atoms with van der Waals surface area (Å²) in [6, 6.07) is 6.70. The zero-order valence-electron chi connectivity index (χ0n) is 9.77. The predicted molar refractivity (Wildman–Crippen MR) is 68.0 cm³/mol. The first-order valence-corrected chi connectivity index (χ1v) is 5.54. The smallest absolute Gasteiger partial charge is 0.134 e. The van der Waals surface area contributed by atoms with Crippen LogP contribution in [0.3, 0.4) is 0 Å². The Morgan fingerprint density at radius 3 is 2.89 bits per heavy atom. The summed E-state index contributed by atoms with van der Waals surface area (Å²) < 4.78 is 19.0. The van der Waals surface area contributed by atoms with Gasteiger partial charge in [-0.15, -0.1) is 0 Å². The molecule has 0 aliphatic heterocycles. The average Bonchev–Trinajstić information content (AvgIpc) is 2.82. The number of benzene rings is 1. The molecule has 0 radical (unpaired) electrons. The van der Waals surface area contributed by atoms with E-state index in [4.69, 9.17) is 4.74 Å². The molecule has 0 aliphatic carbocycles. The van der Waals surface area contributed by atoms with Gasteiger partial charge < -0.3 is 9.72 Å². The molecular formula is C14H11FN2O. The third-order valence-corrected chi connectivity index (χ3v) is 2.95. The van der Waals surface area contributed by atoms with Crippen molar-refractivity contribution in [1.29, 1.82) is 0 Å². The molecule has 1 aromatic carbocycles. The van der Waals surface area contributed by atoms with Gasteiger partial charge in [-0.1, -0.05) is 0 Å². The molecule has 0 bridgehead atoms. The molecule has 0 atom stereocenters. The van der Waals surface area contributed by atoms with Gasteiger partial charge in [0.05, 0.1) is 7.11 Å². The minimum Gasteiger partial charge on any atom is -0.497 e. The maximum atomic E-state index is 14.0. The van der Waals surface area contributed by atoms with E-state index >= 15 is 0 Å². The lowest BCUT2D eigenvalue weighted by molar-refractivity contribution is 0.411. The molecule has 0 saturated carbocycles. The van der Waals surface area contributed by atoms with E-state index in [0.29, 0.717) is 11.3 Å². The Bertz CT molecular complexity index is 706. The number of H-pyrrole nitrogens is 1. The van der Waals surface area contributed by atoms with Crippen LogP contribution in [0.1, 0.15) is 0 Å². The number of hydrogen-bond donors (Lipinski definition) is 1. The van der Waals surface area contributed by atoms with Crippen LogP contribution in [0.25, 0.3) is 22.0 Å². The number of hydrogen-bond acceptors (Lipinski definition) is 2. The minimum atomic E-state index is -0.306. The predicted octanol–water partition coefficient (Wildman–Crippen LogP) is 3.38. The number of nitrogens with zero attached hydrogens (tertiary/aromatic N) is 1. The zero-order valence-corrected chi connectivity index (χ0v) is 9.77. The molecule has 3 aromatic rings. The summed E-state index contributed by atoms with van der Waals surface area (Å²) in [6.45, 7) is 0. The molecule has 18 heavy (non-hydrogen) atoms. The van der Waals surface area contributed by atoms with Crippen LogP contribution in [-0.2, 0) is 0 Å². The SMILES string of the molecule is COc1ccc(-c2c[nH]c3ccncc23)c(F)c1. The van der Waals surface area contributed by atoms with Crippen LogP contribution in [0.4, 0.5) is 4.39 Å². The first kappa shape index (κ1) is 10.8. The fourth-order valence-corrected chi connectivity index (χ4v) is 2.03. The molecule has 3 rings (SSSR count). The van der Waals surface area contributed by atoms with Gasteiger partial charge in [-0.3, -0.25) is 4.98 Å². The lowest BCUT2D eigenvalue weighted by atomic mass is 10.1. The van der Waals surface area contributed by atoms with Crippen molar-refractivity contribution < 1.29 is 9.13 Å². The summed E-state index contributed by atoms with van der Waals surface area (Å²) in [6.07, 6.45) is 5.22. The molecule has 0 fully saturated rings. The number of nitrogens with one attached hydrogen (secondary N) is 1. The number of rotatable bonds is 2. The molecule has 0 amide bonds. The molecule has 3 nitrogen and oxygen atoms in total. The molecule has 1 N–H and O–H groups in total. The van der Waals surface area contributed by atoms with Crippen LogP contribution in [-0.4, -0.2) is 17.1 Å². The molecule has 90 valence electrons. The van der Waals surface area contributed by atoms with E-state index in [-0.39, 0.29) is 5.82 Å². The second-order valence-corrected chi connectivity index (χ2v) is 3.97. The summed E-state index contributed by atoms with van der Waals surface area (Å²) >= 11 is 0. The van der Waals surface area contributed by atoms with Crippen LogP contribution in [0.2, 0.25) is 0 Å². The highest BCUT2D eigenvalue weighted by Crippen LogP contribution is 2.31. The van der Waals surface area contributed by atoms with Gasteiger partial charge in [0, 0.05) is 46.7 Å². The number of halogens is 1. The minimum absolute atomic E-state index is 0.306. The summed E-state index contributed by atoms with van der Waals surface area (Å²) in [5, 5.41) is 0.904. The number of ether oxygens (including phenoxy) is 1. The monoisotopic (exact) mass is 242 g/mol. The van der Waals surface area contributed by atoms with Gasteiger partial charge in [0.2, 0.25) is 0 Å². The highest BCUT2D eigenvalue weighted by atomic mass is 19.1. The van der Waals surface area contributed by atoms with Crippen LogP contribution in [0.5, 0.6) is 5.75 Å². The summed E-state index contributed by atoms with van der Waals surface area (Å²) in [7, 11) is 1.52. The zero-order chi connectivity index (χ0) is 12.5. The van der Waals surface area contributed by atoms with Crippen molar-refractivity contribution in [3.63, 3.8) is 0 Å². The Hall–Kier alpha value is -2.36. The maximum absolute atomic E-state index is 14.0. The van der Waals surface area contributed by atoms with Gasteiger partial charge in [-0.25, -0.2) is 4.39 Å². The van der Waals surface area contributed by atoms with E-state index in [2.05, 4.69) is 9.97 Å². The number of aromatic nitrogens is 2. The van der Waals surface area contributed by atoms with Crippen molar-refractivity contribution in [3.05, 3.63) is 48.7 Å². The van der Waals surface area contributed by atoms with Gasteiger partial charge in [-0.2, -0.15) is 0 Å². The van der Waals surface area contributed by atoms with Crippen molar-refractivity contribution in [3.8, 4) is 16.9 Å². The molecule has 0 unspecified atom stereocenters. The molecular weight excluding hydrogens is 231 g/mol. The first-order chi connectivity index (χ1) is 8.79. The lowest BCUT2D eigenvalue weighted by Gasteiger charge is -2.04. The highest BCUT2D eigenvalue weighted by molar-refractivity contribution is 5.95. The maximum Gasteiger partial charge on any atom is 0.134 e. The number of fused-ring (bicyclic) bond motifs is 1. The molecule has 2 heterocycles. The third kappa shape index (κ3) is 1.62. The van der Waals surface area contributed by atoms with Crippen molar-refractivity contribution in [2.45, 2.75) is 0 Å². The van der Waals surface area contributed by atoms with E-state index in [1.807, 2.05) is 6.07 Å². The van der Waals surface area contributed by atoms with Crippen LogP contribution >= 0.6 is 0 Å². The van der Waals surface area contributed by atoms with Crippen LogP contribution in [0, 0.1) is 5.82 Å². The summed E-state index contributed by atoms with van der Waals surface area (Å²) in [5.74, 6) is 0.202. The Kier molecular flexibility index (Phi) is 2.48. The summed E-state index contributed by atoms with van der Waals surface area (Å²) in [4.78, 5) is 7.17. The van der Waals surface area contributed by atoms with Crippen molar-refractivity contribution in [1.82, 2.24) is 9.97 Å². The molecule has 2 aromatic heterocycles. The largest absolute Gasteiger partial charge is 0.497 e. The Labute approximate surface area is 103 Å². The van der Waals surface area contributed by atoms with Gasteiger partial charge in [-0.05, 0) is 18.2 Å². The van der Waals surface area contributed by atoms with E-state index < -0.39 is 0 Å². The lowest BCUT2D eigenvalue weighted by Crippen LogP contribution is -1.87. The van der Waals surface area contributed by atoms with Gasteiger partial charge in [0.15, 0.2) is 0 Å². The van der Waals surface area contributed by atoms with E-state index in [1.54, 1.807) is 30.7 Å². The standard InChI is InChI=1S/C14H11FN2O/c1-18-9-2-3-10(13(15)6-9)11-8-17-14-4-5-16-7-12(11)14/h2-8,17H,1H3. The molecule has 4 heteroatoms. The van der Waals surface area contributed by atoms with E-state index in [1.165, 1.54) is 13.2 Å². The van der Waals surface area contributed by atoms with Crippen LogP contribution in [0.15, 0.2) is 42.9 Å². The Morgan fingerprint density at radius 2 is 2.11 bits per heavy atom. The number of pyridine rings is 1. The van der Waals surface area contributed by atoms with E-state index in [9.17, 15) is 4.39 Å². The average molecular weight is 242 g/mol. The second kappa shape index (κ2) is 4.14. The fourth-order valence-electron chi connectivity index (χ4n) is 2.03. The number of aromatic amines is 1. The van der Waals surface area contributed by atoms with Gasteiger partial charge in [0.25, 0.3) is 0 Å². The topological polar surface area (TPSA) is 37.9 Å². The fraction of sp³-hybridized carbons (Fsp3) is 0.0714. The van der Waals surface area contributed by atoms with Crippen molar-refractivity contribution >= 4 is 10.9 Å². The normalized spacial score (nSPS) is 10.8. The Balaban J connectivity index is 2.20. The first-order valence-electron chi connectivity index (χ1n) is 5.54. The van der Waals surface area contributed by atoms with Gasteiger partial charge >= 0.3 is 0 Å². The second-order valence-electron chi connectivity index (χ2n) is 3.97. The van der Waals surface area contributed by atoms with Gasteiger partial charge in [0.1, 0.15) is 11.6 Å². The van der Waals surface area contributed by atoms with Crippen molar-refractivity contribution in [2.75, 3.05) is 7.11 Å². The van der Waals surface area contributed by atoms with Crippen molar-refractivity contribution in [2.24, 2.45) is 0 Å². The molecule has 0 aliphatic rings. The number of methoxy groups -OCH3 is 1. The summed E-state index contributed by atoms with van der Waals surface area (Å²) in [5.41, 5.74) is 2.28. The third-order valence-electron chi connectivity index (χ3n) is 2.95. The quantitative estimate of drug-likeness (QED) is 0.748.